The molecule has 0 aliphatic rings. The molecule has 4 nitrogen and oxygen atoms in total. The summed E-state index contributed by atoms with van der Waals surface area (Å²) in [4.78, 5) is 11.7. The van der Waals surface area contributed by atoms with E-state index in [1.807, 2.05) is 0 Å². The van der Waals surface area contributed by atoms with E-state index in [1.165, 1.54) is 30.3 Å². The van der Waals surface area contributed by atoms with Gasteiger partial charge in [0.05, 0.1) is 16.0 Å². The lowest BCUT2D eigenvalue weighted by Gasteiger charge is -2.08. The van der Waals surface area contributed by atoms with E-state index in [9.17, 15) is 26.4 Å². The topological polar surface area (TPSA) is 56.1 Å². The number of Topliss-reactive ketones (excluding diaryl/α,β-unsaturated/α-hetero) is 1. The van der Waals surface area contributed by atoms with E-state index < -0.39 is 27.5 Å². The van der Waals surface area contributed by atoms with Gasteiger partial charge in [-0.05, 0) is 37.3 Å². The van der Waals surface area contributed by atoms with Gasteiger partial charge in [-0.1, -0.05) is 33.6 Å². The summed E-state index contributed by atoms with van der Waals surface area (Å²) in [5.41, 5.74) is 0.101. The minimum Gasteiger partial charge on any atom is -0.284 e. The van der Waals surface area contributed by atoms with Crippen molar-refractivity contribution < 1.29 is 26.4 Å². The monoisotopic (exact) mass is 445 g/mol. The van der Waals surface area contributed by atoms with Gasteiger partial charge in [-0.15, -0.1) is 0 Å². The number of ketones is 1. The zero-order valence-electron chi connectivity index (χ0n) is 13.2. The molecule has 3 aromatic rings. The third-order valence-corrected chi connectivity index (χ3v) is 5.99. The van der Waals surface area contributed by atoms with Crippen molar-refractivity contribution >= 4 is 42.6 Å². The first-order valence-corrected chi connectivity index (χ1v) is 9.49. The highest BCUT2D eigenvalue weighted by atomic mass is 79.9. The first-order chi connectivity index (χ1) is 12.0. The van der Waals surface area contributed by atoms with Gasteiger partial charge in [-0.3, -0.25) is 4.79 Å². The molecule has 136 valence electrons. The second-order valence-corrected chi connectivity index (χ2v) is 8.38. The number of aromatic nitrogens is 1. The van der Waals surface area contributed by atoms with E-state index >= 15 is 0 Å². The molecule has 9 heteroatoms. The third kappa shape index (κ3) is 3.16. The van der Waals surface area contributed by atoms with E-state index in [0.717, 1.165) is 11.8 Å². The second kappa shape index (κ2) is 6.24. The molecule has 0 amide bonds. The molecule has 0 bridgehead atoms. The third-order valence-electron chi connectivity index (χ3n) is 3.81. The first kappa shape index (κ1) is 18.7. The van der Waals surface area contributed by atoms with Crippen LogP contribution in [-0.2, 0) is 10.0 Å². The summed E-state index contributed by atoms with van der Waals surface area (Å²) in [6.07, 6.45) is -4.39. The largest absolute Gasteiger partial charge is 0.454 e. The van der Waals surface area contributed by atoms with Gasteiger partial charge >= 0.3 is 6.18 Å². The lowest BCUT2D eigenvalue weighted by atomic mass is 10.1. The Kier molecular flexibility index (Phi) is 4.48. The van der Waals surface area contributed by atoms with E-state index in [1.54, 1.807) is 19.1 Å². The predicted molar refractivity (Wildman–Crippen MR) is 93.8 cm³/mol. The molecule has 3 rings (SSSR count). The molecule has 0 radical (unpaired) electrons. The standard InChI is InChI=1S/C17H11BrF3NO3S/c1-10-2-5-12(6-3-10)26(24,25)22-9-14(16(23)17(19,20)21)13-8-11(18)4-7-15(13)22/h2-9H,1H3. The Balaban J connectivity index is 2.31. The van der Waals surface area contributed by atoms with Gasteiger partial charge in [0.2, 0.25) is 0 Å². The molecule has 26 heavy (non-hydrogen) atoms. The maximum absolute atomic E-state index is 12.9. The Morgan fingerprint density at radius 1 is 1.08 bits per heavy atom. The van der Waals surface area contributed by atoms with Crippen LogP contribution in [0, 0.1) is 6.92 Å². The summed E-state index contributed by atoms with van der Waals surface area (Å²) in [6.45, 7) is 1.78. The average molecular weight is 446 g/mol. The summed E-state index contributed by atoms with van der Waals surface area (Å²) in [5, 5.41) is -0.0996. The van der Waals surface area contributed by atoms with Crippen LogP contribution >= 0.6 is 15.9 Å². The zero-order valence-corrected chi connectivity index (χ0v) is 15.6. The van der Waals surface area contributed by atoms with E-state index in [4.69, 9.17) is 0 Å². The number of benzene rings is 2. The summed E-state index contributed by atoms with van der Waals surface area (Å²) < 4.78 is 65.7. The number of hydrogen-bond acceptors (Lipinski definition) is 3. The Morgan fingerprint density at radius 3 is 2.27 bits per heavy atom. The number of alkyl halides is 3. The molecule has 2 aromatic carbocycles. The van der Waals surface area contributed by atoms with Gasteiger partial charge in [0.25, 0.3) is 15.8 Å². The van der Waals surface area contributed by atoms with Crippen LogP contribution in [0.25, 0.3) is 10.9 Å². The van der Waals surface area contributed by atoms with Crippen LogP contribution in [0.2, 0.25) is 0 Å². The number of fused-ring (bicyclic) bond motifs is 1. The van der Waals surface area contributed by atoms with Crippen LogP contribution < -0.4 is 0 Å². The number of aryl methyl sites for hydroxylation is 1. The molecule has 0 unspecified atom stereocenters. The summed E-state index contributed by atoms with van der Waals surface area (Å²) in [5.74, 6) is -2.10. The maximum Gasteiger partial charge on any atom is 0.454 e. The summed E-state index contributed by atoms with van der Waals surface area (Å²) in [6, 6.07) is 10.0. The van der Waals surface area contributed by atoms with Crippen molar-refractivity contribution in [2.75, 3.05) is 0 Å². The van der Waals surface area contributed by atoms with Crippen LogP contribution in [0.1, 0.15) is 15.9 Å². The Morgan fingerprint density at radius 2 is 1.69 bits per heavy atom. The number of halogens is 4. The van der Waals surface area contributed by atoms with Gasteiger partial charge in [0, 0.05) is 16.1 Å². The molecule has 0 N–H and O–H groups in total. The maximum atomic E-state index is 12.9. The lowest BCUT2D eigenvalue weighted by Crippen LogP contribution is -2.22. The number of nitrogens with zero attached hydrogens (tertiary/aromatic N) is 1. The van der Waals surface area contributed by atoms with Gasteiger partial charge in [-0.2, -0.15) is 13.2 Å². The van der Waals surface area contributed by atoms with E-state index in [-0.39, 0.29) is 15.8 Å². The molecule has 0 aliphatic carbocycles. The van der Waals surface area contributed by atoms with Crippen LogP contribution in [0.3, 0.4) is 0 Å². The number of hydrogen-bond donors (Lipinski definition) is 0. The van der Waals surface area contributed by atoms with Crippen LogP contribution in [0.4, 0.5) is 13.2 Å². The minimum absolute atomic E-state index is 0.0126. The number of rotatable bonds is 3. The average Bonchev–Trinajstić information content (AvgIpc) is 2.92. The van der Waals surface area contributed by atoms with Crippen molar-refractivity contribution in [3.05, 3.63) is 64.3 Å². The van der Waals surface area contributed by atoms with Crippen molar-refractivity contribution in [2.45, 2.75) is 18.0 Å². The van der Waals surface area contributed by atoms with Gasteiger partial charge in [0.1, 0.15) is 0 Å². The van der Waals surface area contributed by atoms with Gasteiger partial charge in [0.15, 0.2) is 0 Å². The highest BCUT2D eigenvalue weighted by molar-refractivity contribution is 9.10. The normalized spacial score (nSPS) is 12.5. The molecule has 0 spiro atoms. The molecule has 0 aliphatic heterocycles. The Bertz CT molecular complexity index is 1120. The molecule has 0 saturated carbocycles. The fourth-order valence-electron chi connectivity index (χ4n) is 2.53. The van der Waals surface area contributed by atoms with Gasteiger partial charge in [-0.25, -0.2) is 12.4 Å². The summed E-state index contributed by atoms with van der Waals surface area (Å²) in [7, 11) is -4.17. The zero-order chi connectivity index (χ0) is 19.3. The SMILES string of the molecule is Cc1ccc(S(=O)(=O)n2cc(C(=O)C(F)(F)F)c3cc(Br)ccc32)cc1. The smallest absolute Gasteiger partial charge is 0.284 e. The van der Waals surface area contributed by atoms with Crippen molar-refractivity contribution in [2.24, 2.45) is 0 Å². The fourth-order valence-corrected chi connectivity index (χ4v) is 4.26. The highest BCUT2D eigenvalue weighted by Crippen LogP contribution is 2.32. The molecule has 1 heterocycles. The molecule has 1 aromatic heterocycles. The van der Waals surface area contributed by atoms with Crippen molar-refractivity contribution in [3.63, 3.8) is 0 Å². The Hall–Kier alpha value is -2.13. The number of carbonyl (C=O) groups excluding carboxylic acids is 1. The molecule has 0 saturated heterocycles. The predicted octanol–water partition coefficient (Wildman–Crippen LogP) is 4.69. The highest BCUT2D eigenvalue weighted by Gasteiger charge is 2.41. The second-order valence-electron chi connectivity index (χ2n) is 5.65. The van der Waals surface area contributed by atoms with Crippen molar-refractivity contribution in [1.82, 2.24) is 3.97 Å². The van der Waals surface area contributed by atoms with Crippen molar-refractivity contribution in [3.8, 4) is 0 Å². The number of carbonyl (C=O) groups is 1. The fraction of sp³-hybridized carbons (Fsp3) is 0.118. The molecule has 0 fully saturated rings. The van der Waals surface area contributed by atoms with Crippen molar-refractivity contribution in [1.29, 1.82) is 0 Å². The van der Waals surface area contributed by atoms with E-state index in [0.29, 0.717) is 8.45 Å². The van der Waals surface area contributed by atoms with Crippen LogP contribution in [0.15, 0.2) is 58.0 Å². The van der Waals surface area contributed by atoms with Gasteiger partial charge < -0.3 is 0 Å². The summed E-state index contributed by atoms with van der Waals surface area (Å²) >= 11 is 3.13. The van der Waals surface area contributed by atoms with E-state index in [2.05, 4.69) is 15.9 Å². The lowest BCUT2D eigenvalue weighted by molar-refractivity contribution is -0.0884. The molecular weight excluding hydrogens is 435 g/mol. The minimum atomic E-state index is -5.12. The quantitative estimate of drug-likeness (QED) is 0.549. The molecular formula is C17H11BrF3NO3S. The van der Waals surface area contributed by atoms with Crippen LogP contribution in [-0.4, -0.2) is 24.3 Å². The molecule has 0 atom stereocenters. The van der Waals surface area contributed by atoms with Crippen LogP contribution in [0.5, 0.6) is 0 Å². The Labute approximate surface area is 155 Å². The first-order valence-electron chi connectivity index (χ1n) is 7.26.